The summed E-state index contributed by atoms with van der Waals surface area (Å²) in [6.45, 7) is -2.21. The van der Waals surface area contributed by atoms with E-state index in [1.54, 1.807) is 30.3 Å². The number of carboxylic acids is 3. The van der Waals surface area contributed by atoms with E-state index in [0.29, 0.717) is 5.56 Å². The van der Waals surface area contributed by atoms with Crippen LogP contribution in [0.5, 0.6) is 0 Å². The first kappa shape index (κ1) is 24.9. The van der Waals surface area contributed by atoms with E-state index in [4.69, 9.17) is 20.1 Å². The molecule has 0 saturated heterocycles. The standard InChI is InChI=1S/C18H21N3O8S/c22-14(23)8-20(9-15(24)25)6-7-21(10-16(26)27)11-17(28)29-18(19-12-30)13-4-2-1-3-5-13/h1-5,18H,6-11H2,(H,22,23)(H,24,25)(H,26,27). The maximum atomic E-state index is 12.3. The Morgan fingerprint density at radius 2 is 1.37 bits per heavy atom. The highest BCUT2D eigenvalue weighted by molar-refractivity contribution is 7.78. The number of hydrogen-bond donors (Lipinski definition) is 3. The van der Waals surface area contributed by atoms with Crippen molar-refractivity contribution in [2.75, 3.05) is 39.3 Å². The molecular weight excluding hydrogens is 418 g/mol. The molecule has 12 heteroatoms. The Morgan fingerprint density at radius 3 is 1.80 bits per heavy atom. The minimum absolute atomic E-state index is 0.0750. The monoisotopic (exact) mass is 439 g/mol. The predicted molar refractivity (Wildman–Crippen MR) is 106 cm³/mol. The van der Waals surface area contributed by atoms with Gasteiger partial charge in [0, 0.05) is 18.7 Å². The molecule has 0 bridgehead atoms. The smallest absolute Gasteiger partial charge is 0.322 e. The lowest BCUT2D eigenvalue weighted by molar-refractivity contribution is -0.152. The molecule has 0 saturated carbocycles. The zero-order valence-electron chi connectivity index (χ0n) is 15.8. The fourth-order valence-electron chi connectivity index (χ4n) is 2.46. The minimum atomic E-state index is -1.23. The number of carbonyl (C=O) groups is 4. The van der Waals surface area contributed by atoms with Gasteiger partial charge in [0.25, 0.3) is 0 Å². The summed E-state index contributed by atoms with van der Waals surface area (Å²) in [5.41, 5.74) is 0.544. The van der Waals surface area contributed by atoms with Gasteiger partial charge in [-0.25, -0.2) is 0 Å². The van der Waals surface area contributed by atoms with Gasteiger partial charge in [-0.2, -0.15) is 4.99 Å². The molecule has 30 heavy (non-hydrogen) atoms. The predicted octanol–water partition coefficient (Wildman–Crippen LogP) is 0.189. The average Bonchev–Trinajstić information content (AvgIpc) is 2.65. The van der Waals surface area contributed by atoms with Gasteiger partial charge < -0.3 is 20.1 Å². The lowest BCUT2D eigenvalue weighted by Crippen LogP contribution is -2.43. The molecular formula is C18H21N3O8S. The maximum Gasteiger partial charge on any atom is 0.322 e. The van der Waals surface area contributed by atoms with E-state index in [1.807, 2.05) is 0 Å². The van der Waals surface area contributed by atoms with Crippen LogP contribution in [0.2, 0.25) is 0 Å². The Morgan fingerprint density at radius 1 is 0.900 bits per heavy atom. The van der Waals surface area contributed by atoms with Crippen molar-refractivity contribution >= 4 is 41.3 Å². The van der Waals surface area contributed by atoms with E-state index in [-0.39, 0.29) is 13.1 Å². The normalized spacial score (nSPS) is 11.5. The Balaban J connectivity index is 2.78. The second kappa shape index (κ2) is 13.1. The zero-order chi connectivity index (χ0) is 22.5. The van der Waals surface area contributed by atoms with Gasteiger partial charge >= 0.3 is 23.9 Å². The topological polar surface area (TPSA) is 157 Å². The molecule has 0 fully saturated rings. The Kier molecular flexibility index (Phi) is 10.9. The molecule has 0 spiro atoms. The first-order chi connectivity index (χ1) is 14.2. The number of aliphatic carboxylic acids is 3. The first-order valence-corrected chi connectivity index (χ1v) is 9.03. The van der Waals surface area contributed by atoms with Crippen LogP contribution in [-0.2, 0) is 23.9 Å². The zero-order valence-corrected chi connectivity index (χ0v) is 16.7. The molecule has 0 aliphatic heterocycles. The maximum absolute atomic E-state index is 12.3. The summed E-state index contributed by atoms with van der Waals surface area (Å²) in [7, 11) is 0. The number of carboxylic acid groups (broad SMARTS) is 3. The summed E-state index contributed by atoms with van der Waals surface area (Å²) in [6.07, 6.45) is -1.04. The van der Waals surface area contributed by atoms with Crippen molar-refractivity contribution in [3.05, 3.63) is 35.9 Å². The molecule has 1 unspecified atom stereocenters. The number of benzene rings is 1. The van der Waals surface area contributed by atoms with Crippen LogP contribution in [0.25, 0.3) is 0 Å². The Labute approximate surface area is 177 Å². The number of esters is 1. The summed E-state index contributed by atoms with van der Waals surface area (Å²) in [5.74, 6) is -4.47. The number of nitrogens with zero attached hydrogens (tertiary/aromatic N) is 3. The van der Waals surface area contributed by atoms with Crippen molar-refractivity contribution in [2.24, 2.45) is 4.99 Å². The molecule has 1 aromatic rings. The quantitative estimate of drug-likeness (QED) is 0.206. The van der Waals surface area contributed by atoms with Crippen LogP contribution in [0, 0.1) is 0 Å². The van der Waals surface area contributed by atoms with Gasteiger partial charge in [0.05, 0.1) is 31.3 Å². The molecule has 1 atom stereocenters. The van der Waals surface area contributed by atoms with E-state index < -0.39 is 56.3 Å². The fraction of sp³-hybridized carbons (Fsp3) is 0.389. The molecule has 0 aliphatic rings. The molecule has 1 aromatic carbocycles. The number of carbonyl (C=O) groups excluding carboxylic acids is 1. The van der Waals surface area contributed by atoms with E-state index in [2.05, 4.69) is 22.4 Å². The van der Waals surface area contributed by atoms with Crippen LogP contribution in [0.1, 0.15) is 11.8 Å². The van der Waals surface area contributed by atoms with Crippen molar-refractivity contribution in [1.82, 2.24) is 9.80 Å². The highest BCUT2D eigenvalue weighted by Gasteiger charge is 2.21. The van der Waals surface area contributed by atoms with Crippen LogP contribution in [0.3, 0.4) is 0 Å². The Bertz CT molecular complexity index is 782. The van der Waals surface area contributed by atoms with Crippen molar-refractivity contribution < 1.29 is 39.2 Å². The van der Waals surface area contributed by atoms with Crippen LogP contribution in [0.15, 0.2) is 35.3 Å². The third-order valence-corrected chi connectivity index (χ3v) is 3.76. The molecule has 162 valence electrons. The van der Waals surface area contributed by atoms with Gasteiger partial charge in [-0.05, 0) is 12.2 Å². The second-order valence-electron chi connectivity index (χ2n) is 6.08. The number of rotatable bonds is 14. The molecule has 3 N–H and O–H groups in total. The van der Waals surface area contributed by atoms with E-state index in [0.717, 1.165) is 4.90 Å². The summed E-state index contributed by atoms with van der Waals surface area (Å²) < 4.78 is 5.25. The van der Waals surface area contributed by atoms with Crippen LogP contribution < -0.4 is 0 Å². The highest BCUT2D eigenvalue weighted by Crippen LogP contribution is 2.18. The third kappa shape index (κ3) is 10.4. The van der Waals surface area contributed by atoms with Gasteiger partial charge in [-0.3, -0.25) is 29.0 Å². The van der Waals surface area contributed by atoms with E-state index in [9.17, 15) is 19.2 Å². The molecule has 1 rings (SSSR count). The van der Waals surface area contributed by atoms with Gasteiger partial charge in [0.15, 0.2) is 0 Å². The summed E-state index contributed by atoms with van der Waals surface area (Å²) in [6, 6.07) is 8.52. The van der Waals surface area contributed by atoms with Crippen molar-refractivity contribution in [3.8, 4) is 0 Å². The number of hydrogen-bond acceptors (Lipinski definition) is 9. The number of ether oxygens (including phenoxy) is 1. The molecule has 0 aromatic heterocycles. The average molecular weight is 439 g/mol. The highest BCUT2D eigenvalue weighted by atomic mass is 32.1. The molecule has 0 aliphatic carbocycles. The third-order valence-electron chi connectivity index (χ3n) is 3.66. The summed E-state index contributed by atoms with van der Waals surface area (Å²) >= 11 is 4.57. The summed E-state index contributed by atoms with van der Waals surface area (Å²) in [4.78, 5) is 51.2. The number of thiocarbonyl (C=S) groups is 1. The van der Waals surface area contributed by atoms with Crippen molar-refractivity contribution in [2.45, 2.75) is 6.23 Å². The first-order valence-electron chi connectivity index (χ1n) is 8.62. The second-order valence-corrected chi connectivity index (χ2v) is 6.26. The van der Waals surface area contributed by atoms with Crippen molar-refractivity contribution in [1.29, 1.82) is 0 Å². The molecule has 11 nitrogen and oxygen atoms in total. The number of aliphatic imine (C=N–C) groups is 1. The molecule has 0 heterocycles. The van der Waals surface area contributed by atoms with Crippen molar-refractivity contribution in [3.63, 3.8) is 0 Å². The fourth-order valence-corrected chi connectivity index (χ4v) is 2.56. The number of isothiocyanates is 1. The molecule has 0 amide bonds. The van der Waals surface area contributed by atoms with Crippen LogP contribution >= 0.6 is 12.2 Å². The SMILES string of the molecule is O=C(O)CN(CCN(CC(=O)O)CC(=O)OC(N=C=S)c1ccccc1)CC(=O)O. The lowest BCUT2D eigenvalue weighted by Gasteiger charge is -2.24. The van der Waals surface area contributed by atoms with Gasteiger partial charge in [-0.1, -0.05) is 30.3 Å². The molecule has 0 radical (unpaired) electrons. The lowest BCUT2D eigenvalue weighted by atomic mass is 10.2. The van der Waals surface area contributed by atoms with E-state index in [1.165, 1.54) is 4.90 Å². The Hall–Kier alpha value is -3.18. The van der Waals surface area contributed by atoms with Gasteiger partial charge in [0.1, 0.15) is 0 Å². The minimum Gasteiger partial charge on any atom is -0.480 e. The summed E-state index contributed by atoms with van der Waals surface area (Å²) in [5, 5.41) is 28.9. The largest absolute Gasteiger partial charge is 0.480 e. The van der Waals surface area contributed by atoms with Gasteiger partial charge in [0.2, 0.25) is 6.23 Å². The van der Waals surface area contributed by atoms with Crippen LogP contribution in [0.4, 0.5) is 0 Å². The van der Waals surface area contributed by atoms with Gasteiger partial charge in [-0.15, -0.1) is 0 Å². The van der Waals surface area contributed by atoms with Crippen LogP contribution in [-0.4, -0.2) is 93.4 Å². The van der Waals surface area contributed by atoms with E-state index >= 15 is 0 Å².